The molecule has 2 fully saturated rings. The van der Waals surface area contributed by atoms with E-state index in [1.54, 1.807) is 6.20 Å². The van der Waals surface area contributed by atoms with Crippen LogP contribution in [0.25, 0.3) is 0 Å². The van der Waals surface area contributed by atoms with Crippen LogP contribution in [0.2, 0.25) is 5.02 Å². The summed E-state index contributed by atoms with van der Waals surface area (Å²) in [5.41, 5.74) is 0.704. The second kappa shape index (κ2) is 8.85. The average Bonchev–Trinajstić information content (AvgIpc) is 3.40. The molecule has 2 aromatic rings. The molecule has 7 heteroatoms. The van der Waals surface area contributed by atoms with E-state index in [0.717, 1.165) is 43.8 Å². The molecular weight excluding hydrogens is 395 g/mol. The standard InChI is InChI=1S/C21H27ClN4O.ClH/c22-18-6-4-17(5-7-18)20(8-1-2-9-20)16-24-19(27)21(10-13-23-14-11-21)26-15-3-12-25-26;/h3-7,12,15,23H,1-2,8-11,13-14,16H2,(H,24,27);1H. The van der Waals surface area contributed by atoms with Gasteiger partial charge < -0.3 is 10.6 Å². The largest absolute Gasteiger partial charge is 0.353 e. The fraction of sp³-hybridized carbons (Fsp3) is 0.524. The second-order valence-electron chi connectivity index (χ2n) is 7.91. The zero-order chi connectivity index (χ0) is 18.7. The highest BCUT2D eigenvalue weighted by molar-refractivity contribution is 6.30. The summed E-state index contributed by atoms with van der Waals surface area (Å²) in [6.45, 7) is 2.33. The zero-order valence-electron chi connectivity index (χ0n) is 16.0. The van der Waals surface area contributed by atoms with Crippen molar-refractivity contribution in [2.75, 3.05) is 19.6 Å². The minimum Gasteiger partial charge on any atom is -0.353 e. The van der Waals surface area contributed by atoms with Crippen LogP contribution in [0.3, 0.4) is 0 Å². The van der Waals surface area contributed by atoms with Gasteiger partial charge in [-0.15, -0.1) is 12.4 Å². The van der Waals surface area contributed by atoms with Crippen LogP contribution in [0.4, 0.5) is 0 Å². The molecule has 1 aromatic carbocycles. The van der Waals surface area contributed by atoms with Crippen LogP contribution in [0, 0.1) is 0 Å². The Labute approximate surface area is 177 Å². The van der Waals surface area contributed by atoms with E-state index in [0.29, 0.717) is 6.54 Å². The lowest BCUT2D eigenvalue weighted by Gasteiger charge is -2.38. The van der Waals surface area contributed by atoms with Gasteiger partial charge in [0.1, 0.15) is 5.54 Å². The fourth-order valence-electron chi connectivity index (χ4n) is 4.76. The SMILES string of the molecule is Cl.O=C(NCC1(c2ccc(Cl)cc2)CCCC1)C1(n2cccn2)CCNCC1. The lowest BCUT2D eigenvalue weighted by atomic mass is 9.78. The summed E-state index contributed by atoms with van der Waals surface area (Å²) in [6, 6.07) is 10.0. The molecule has 1 aromatic heterocycles. The van der Waals surface area contributed by atoms with E-state index in [4.69, 9.17) is 11.6 Å². The molecule has 2 N–H and O–H groups in total. The summed E-state index contributed by atoms with van der Waals surface area (Å²) in [7, 11) is 0. The number of nitrogens with one attached hydrogen (secondary N) is 2. The molecular formula is C21H28Cl2N4O. The van der Waals surface area contributed by atoms with Crippen LogP contribution < -0.4 is 10.6 Å². The van der Waals surface area contributed by atoms with Gasteiger partial charge in [-0.2, -0.15) is 5.10 Å². The Morgan fingerprint density at radius 2 is 1.82 bits per heavy atom. The number of carbonyl (C=O) groups is 1. The lowest BCUT2D eigenvalue weighted by molar-refractivity contribution is -0.132. The average molecular weight is 423 g/mol. The predicted molar refractivity (Wildman–Crippen MR) is 114 cm³/mol. The van der Waals surface area contributed by atoms with Gasteiger partial charge in [0.25, 0.3) is 0 Å². The van der Waals surface area contributed by atoms with Crippen molar-refractivity contribution < 1.29 is 4.79 Å². The Bertz CT molecular complexity index is 764. The first-order valence-corrected chi connectivity index (χ1v) is 10.3. The first-order chi connectivity index (χ1) is 13.1. The Kier molecular flexibility index (Phi) is 6.69. The van der Waals surface area contributed by atoms with Gasteiger partial charge in [0.2, 0.25) is 5.91 Å². The Hall–Kier alpha value is -1.56. The van der Waals surface area contributed by atoms with Crippen LogP contribution in [-0.2, 0) is 15.7 Å². The number of halogens is 2. The highest BCUT2D eigenvalue weighted by Crippen LogP contribution is 2.41. The van der Waals surface area contributed by atoms with E-state index in [-0.39, 0.29) is 23.7 Å². The Balaban J connectivity index is 0.00000225. The van der Waals surface area contributed by atoms with Crippen LogP contribution >= 0.6 is 24.0 Å². The third-order valence-electron chi connectivity index (χ3n) is 6.40. The fourth-order valence-corrected chi connectivity index (χ4v) is 4.89. The number of rotatable bonds is 5. The van der Waals surface area contributed by atoms with Gasteiger partial charge in [-0.25, -0.2) is 0 Å². The first kappa shape index (κ1) is 21.2. The number of amides is 1. The van der Waals surface area contributed by atoms with Crippen molar-refractivity contribution in [3.63, 3.8) is 0 Å². The number of carbonyl (C=O) groups excluding carboxylic acids is 1. The molecule has 1 amide bonds. The maximum Gasteiger partial charge on any atom is 0.248 e. The molecule has 5 nitrogen and oxygen atoms in total. The Morgan fingerprint density at radius 3 is 2.43 bits per heavy atom. The predicted octanol–water partition coefficient (Wildman–Crippen LogP) is 3.67. The summed E-state index contributed by atoms with van der Waals surface area (Å²) >= 11 is 6.08. The van der Waals surface area contributed by atoms with Gasteiger partial charge in [-0.3, -0.25) is 9.48 Å². The molecule has 1 aliphatic carbocycles. The van der Waals surface area contributed by atoms with E-state index < -0.39 is 5.54 Å². The molecule has 1 saturated carbocycles. The van der Waals surface area contributed by atoms with Crippen LogP contribution in [0.5, 0.6) is 0 Å². The third-order valence-corrected chi connectivity index (χ3v) is 6.65. The molecule has 1 aliphatic heterocycles. The number of benzene rings is 1. The molecule has 0 radical (unpaired) electrons. The van der Waals surface area contributed by atoms with Gasteiger partial charge in [-0.1, -0.05) is 36.6 Å². The van der Waals surface area contributed by atoms with Crippen LogP contribution in [0.15, 0.2) is 42.7 Å². The van der Waals surface area contributed by atoms with Crippen LogP contribution in [0.1, 0.15) is 44.1 Å². The molecule has 4 rings (SSSR count). The molecule has 1 saturated heterocycles. The quantitative estimate of drug-likeness (QED) is 0.772. The summed E-state index contributed by atoms with van der Waals surface area (Å²) < 4.78 is 1.85. The van der Waals surface area contributed by atoms with Gasteiger partial charge in [-0.05, 0) is 62.5 Å². The molecule has 28 heavy (non-hydrogen) atoms. The van der Waals surface area contributed by atoms with E-state index in [1.165, 1.54) is 18.4 Å². The van der Waals surface area contributed by atoms with Gasteiger partial charge in [0.05, 0.1) is 0 Å². The topological polar surface area (TPSA) is 59.0 Å². The summed E-state index contributed by atoms with van der Waals surface area (Å²) in [5, 5.41) is 11.8. The maximum atomic E-state index is 13.4. The minimum atomic E-state index is -0.589. The van der Waals surface area contributed by atoms with Crippen molar-refractivity contribution in [2.45, 2.75) is 49.5 Å². The molecule has 152 valence electrons. The van der Waals surface area contributed by atoms with Crippen molar-refractivity contribution in [3.05, 3.63) is 53.3 Å². The zero-order valence-corrected chi connectivity index (χ0v) is 17.6. The number of piperidine rings is 1. The smallest absolute Gasteiger partial charge is 0.248 e. The van der Waals surface area contributed by atoms with Gasteiger partial charge >= 0.3 is 0 Å². The minimum absolute atomic E-state index is 0. The van der Waals surface area contributed by atoms with Crippen molar-refractivity contribution in [1.82, 2.24) is 20.4 Å². The second-order valence-corrected chi connectivity index (χ2v) is 8.35. The summed E-state index contributed by atoms with van der Waals surface area (Å²) in [6.07, 6.45) is 9.79. The van der Waals surface area contributed by atoms with Crippen molar-refractivity contribution in [1.29, 1.82) is 0 Å². The third kappa shape index (κ3) is 3.93. The highest BCUT2D eigenvalue weighted by Gasteiger charge is 2.43. The van der Waals surface area contributed by atoms with E-state index in [1.807, 2.05) is 29.1 Å². The normalized spacial score (nSPS) is 20.3. The summed E-state index contributed by atoms with van der Waals surface area (Å²) in [4.78, 5) is 13.4. The summed E-state index contributed by atoms with van der Waals surface area (Å²) in [5.74, 6) is 0.0907. The molecule has 0 unspecified atom stereocenters. The van der Waals surface area contributed by atoms with E-state index in [9.17, 15) is 4.79 Å². The molecule has 0 spiro atoms. The first-order valence-electron chi connectivity index (χ1n) is 9.90. The Morgan fingerprint density at radius 1 is 1.14 bits per heavy atom. The number of hydrogen-bond acceptors (Lipinski definition) is 3. The molecule has 0 bridgehead atoms. The van der Waals surface area contributed by atoms with Gasteiger partial charge in [0, 0.05) is 29.4 Å². The lowest BCUT2D eigenvalue weighted by Crippen LogP contribution is -2.56. The highest BCUT2D eigenvalue weighted by atomic mass is 35.5. The van der Waals surface area contributed by atoms with Crippen molar-refractivity contribution in [2.24, 2.45) is 0 Å². The number of nitrogens with zero attached hydrogens (tertiary/aromatic N) is 2. The van der Waals surface area contributed by atoms with Gasteiger partial charge in [0.15, 0.2) is 0 Å². The molecule has 0 atom stereocenters. The molecule has 2 heterocycles. The van der Waals surface area contributed by atoms with Crippen molar-refractivity contribution >= 4 is 29.9 Å². The van der Waals surface area contributed by atoms with Crippen LogP contribution in [-0.4, -0.2) is 35.3 Å². The van der Waals surface area contributed by atoms with Crippen molar-refractivity contribution in [3.8, 4) is 0 Å². The number of aromatic nitrogens is 2. The monoisotopic (exact) mass is 422 g/mol. The van der Waals surface area contributed by atoms with E-state index in [2.05, 4.69) is 27.9 Å². The van der Waals surface area contributed by atoms with E-state index >= 15 is 0 Å². The maximum absolute atomic E-state index is 13.4. The number of hydrogen-bond donors (Lipinski definition) is 2. The molecule has 2 aliphatic rings.